The molecule has 2 aromatic rings. The van der Waals surface area contributed by atoms with Gasteiger partial charge in [-0.3, -0.25) is 4.79 Å². The summed E-state index contributed by atoms with van der Waals surface area (Å²) >= 11 is 0. The summed E-state index contributed by atoms with van der Waals surface area (Å²) in [4.78, 5) is 11.9. The van der Waals surface area contributed by atoms with Gasteiger partial charge in [0, 0.05) is 12.0 Å². The van der Waals surface area contributed by atoms with Crippen molar-refractivity contribution in [3.05, 3.63) is 59.7 Å². The molecule has 1 fully saturated rings. The summed E-state index contributed by atoms with van der Waals surface area (Å²) < 4.78 is 0. The molecule has 1 amide bonds. The largest absolute Gasteiger partial charge is 0.352 e. The van der Waals surface area contributed by atoms with Crippen molar-refractivity contribution in [2.24, 2.45) is 5.41 Å². The highest BCUT2D eigenvalue weighted by Gasteiger charge is 2.44. The standard InChI is InChI=1S/C20H23NO/c1-3-15-4-8-17(9-5-15)18-10-6-16(7-11-18)14-21-19(22)20(2)12-13-20/h4-11H,3,12-14H2,1-2H3,(H,21,22). The highest BCUT2D eigenvalue weighted by Crippen LogP contribution is 2.45. The number of hydrogen-bond donors (Lipinski definition) is 1. The van der Waals surface area contributed by atoms with Crippen molar-refractivity contribution in [3.63, 3.8) is 0 Å². The van der Waals surface area contributed by atoms with Crippen LogP contribution in [0.15, 0.2) is 48.5 Å². The van der Waals surface area contributed by atoms with Crippen LogP contribution in [0, 0.1) is 5.41 Å². The van der Waals surface area contributed by atoms with Gasteiger partial charge in [0.1, 0.15) is 0 Å². The smallest absolute Gasteiger partial charge is 0.226 e. The average molecular weight is 293 g/mol. The van der Waals surface area contributed by atoms with E-state index in [2.05, 4.69) is 60.8 Å². The van der Waals surface area contributed by atoms with Crippen LogP contribution in [0.1, 0.15) is 37.8 Å². The van der Waals surface area contributed by atoms with Gasteiger partial charge >= 0.3 is 0 Å². The first kappa shape index (κ1) is 14.8. The van der Waals surface area contributed by atoms with Crippen LogP contribution in [-0.4, -0.2) is 5.91 Å². The predicted octanol–water partition coefficient (Wildman–Crippen LogP) is 4.33. The van der Waals surface area contributed by atoms with Crippen molar-refractivity contribution in [1.82, 2.24) is 5.32 Å². The van der Waals surface area contributed by atoms with Gasteiger partial charge in [-0.2, -0.15) is 0 Å². The summed E-state index contributed by atoms with van der Waals surface area (Å²) in [5, 5.41) is 3.04. The van der Waals surface area contributed by atoms with Gasteiger partial charge in [-0.15, -0.1) is 0 Å². The van der Waals surface area contributed by atoms with Gasteiger partial charge in [0.25, 0.3) is 0 Å². The Labute approximate surface area is 132 Å². The van der Waals surface area contributed by atoms with E-state index in [1.165, 1.54) is 16.7 Å². The maximum Gasteiger partial charge on any atom is 0.226 e. The first-order chi connectivity index (χ1) is 10.6. The van der Waals surface area contributed by atoms with Gasteiger partial charge in [-0.05, 0) is 41.5 Å². The molecule has 0 spiro atoms. The number of carbonyl (C=O) groups excluding carboxylic acids is 1. The molecule has 1 aliphatic rings. The Morgan fingerprint density at radius 1 is 0.955 bits per heavy atom. The SMILES string of the molecule is CCc1ccc(-c2ccc(CNC(=O)C3(C)CC3)cc2)cc1. The number of aryl methyl sites for hydroxylation is 1. The molecule has 114 valence electrons. The summed E-state index contributed by atoms with van der Waals surface area (Å²) in [6.07, 6.45) is 3.11. The predicted molar refractivity (Wildman–Crippen MR) is 90.4 cm³/mol. The fourth-order valence-electron chi connectivity index (χ4n) is 2.56. The van der Waals surface area contributed by atoms with E-state index in [9.17, 15) is 4.79 Å². The Morgan fingerprint density at radius 2 is 1.45 bits per heavy atom. The number of amides is 1. The van der Waals surface area contributed by atoms with Crippen molar-refractivity contribution >= 4 is 5.91 Å². The molecule has 0 heterocycles. The molecular weight excluding hydrogens is 270 g/mol. The summed E-state index contributed by atoms with van der Waals surface area (Å²) in [6, 6.07) is 17.1. The van der Waals surface area contributed by atoms with Crippen molar-refractivity contribution < 1.29 is 4.79 Å². The van der Waals surface area contributed by atoms with Crippen LogP contribution in [0.5, 0.6) is 0 Å². The van der Waals surface area contributed by atoms with E-state index in [4.69, 9.17) is 0 Å². The van der Waals surface area contributed by atoms with Crippen molar-refractivity contribution in [3.8, 4) is 11.1 Å². The lowest BCUT2D eigenvalue weighted by Crippen LogP contribution is -2.29. The molecule has 1 saturated carbocycles. The molecule has 0 aliphatic heterocycles. The van der Waals surface area contributed by atoms with Crippen LogP contribution in [-0.2, 0) is 17.8 Å². The first-order valence-electron chi connectivity index (χ1n) is 8.07. The van der Waals surface area contributed by atoms with Gasteiger partial charge < -0.3 is 5.32 Å². The number of rotatable bonds is 5. The molecule has 3 rings (SSSR count). The second kappa shape index (κ2) is 5.96. The zero-order valence-corrected chi connectivity index (χ0v) is 13.4. The molecular formula is C20H23NO. The van der Waals surface area contributed by atoms with E-state index in [-0.39, 0.29) is 11.3 Å². The third-order valence-electron chi connectivity index (χ3n) is 4.65. The second-order valence-corrected chi connectivity index (χ2v) is 6.49. The lowest BCUT2D eigenvalue weighted by atomic mass is 10.0. The fourth-order valence-corrected chi connectivity index (χ4v) is 2.56. The molecule has 2 aromatic carbocycles. The van der Waals surface area contributed by atoms with E-state index in [1.54, 1.807) is 0 Å². The summed E-state index contributed by atoms with van der Waals surface area (Å²) in [5.74, 6) is 0.187. The van der Waals surface area contributed by atoms with Crippen molar-refractivity contribution in [2.75, 3.05) is 0 Å². The molecule has 22 heavy (non-hydrogen) atoms. The molecule has 0 unspecified atom stereocenters. The van der Waals surface area contributed by atoms with E-state index in [0.29, 0.717) is 6.54 Å². The Morgan fingerprint density at radius 3 is 1.91 bits per heavy atom. The van der Waals surface area contributed by atoms with Crippen LogP contribution in [0.3, 0.4) is 0 Å². The normalized spacial score (nSPS) is 15.4. The molecule has 0 saturated heterocycles. The van der Waals surface area contributed by atoms with Crippen molar-refractivity contribution in [1.29, 1.82) is 0 Å². The Kier molecular flexibility index (Phi) is 4.02. The summed E-state index contributed by atoms with van der Waals surface area (Å²) in [6.45, 7) is 4.81. The minimum absolute atomic E-state index is 0.0963. The Balaban J connectivity index is 1.63. The lowest BCUT2D eigenvalue weighted by Gasteiger charge is -2.10. The van der Waals surface area contributed by atoms with E-state index < -0.39 is 0 Å². The molecule has 0 bridgehead atoms. The van der Waals surface area contributed by atoms with Crippen LogP contribution in [0.2, 0.25) is 0 Å². The first-order valence-corrected chi connectivity index (χ1v) is 8.07. The van der Waals surface area contributed by atoms with Crippen LogP contribution in [0.25, 0.3) is 11.1 Å². The van der Waals surface area contributed by atoms with Gasteiger partial charge in [0.05, 0.1) is 0 Å². The molecule has 1 aliphatic carbocycles. The highest BCUT2D eigenvalue weighted by molar-refractivity contribution is 5.84. The van der Waals surface area contributed by atoms with E-state index in [1.807, 2.05) is 6.92 Å². The average Bonchev–Trinajstić information content (AvgIpc) is 3.32. The minimum Gasteiger partial charge on any atom is -0.352 e. The molecule has 0 radical (unpaired) electrons. The third kappa shape index (κ3) is 3.22. The molecule has 2 heteroatoms. The molecule has 2 nitrogen and oxygen atoms in total. The van der Waals surface area contributed by atoms with Gasteiger partial charge in [-0.1, -0.05) is 62.4 Å². The second-order valence-electron chi connectivity index (χ2n) is 6.49. The lowest BCUT2D eigenvalue weighted by molar-refractivity contribution is -0.125. The monoisotopic (exact) mass is 293 g/mol. The maximum absolute atomic E-state index is 11.9. The van der Waals surface area contributed by atoms with Crippen LogP contribution < -0.4 is 5.32 Å². The molecule has 0 atom stereocenters. The summed E-state index contributed by atoms with van der Waals surface area (Å²) in [5.41, 5.74) is 4.86. The zero-order valence-electron chi connectivity index (χ0n) is 13.4. The van der Waals surface area contributed by atoms with E-state index >= 15 is 0 Å². The quantitative estimate of drug-likeness (QED) is 0.873. The van der Waals surface area contributed by atoms with Crippen LogP contribution >= 0.6 is 0 Å². The Bertz CT molecular complexity index is 651. The van der Waals surface area contributed by atoms with Crippen LogP contribution in [0.4, 0.5) is 0 Å². The zero-order chi connectivity index (χ0) is 15.6. The molecule has 1 N–H and O–H groups in total. The summed E-state index contributed by atoms with van der Waals surface area (Å²) in [7, 11) is 0. The molecule has 0 aromatic heterocycles. The van der Waals surface area contributed by atoms with E-state index in [0.717, 1.165) is 24.8 Å². The number of carbonyl (C=O) groups is 1. The van der Waals surface area contributed by atoms with Gasteiger partial charge in [0.15, 0.2) is 0 Å². The third-order valence-corrected chi connectivity index (χ3v) is 4.65. The van der Waals surface area contributed by atoms with Crippen molar-refractivity contribution in [2.45, 2.75) is 39.7 Å². The highest BCUT2D eigenvalue weighted by atomic mass is 16.2. The number of nitrogens with one attached hydrogen (secondary N) is 1. The van der Waals surface area contributed by atoms with Gasteiger partial charge in [0.2, 0.25) is 5.91 Å². The number of hydrogen-bond acceptors (Lipinski definition) is 1. The topological polar surface area (TPSA) is 29.1 Å². The number of benzene rings is 2. The minimum atomic E-state index is -0.0963. The Hall–Kier alpha value is -2.09. The fraction of sp³-hybridized carbons (Fsp3) is 0.350. The van der Waals surface area contributed by atoms with Gasteiger partial charge in [-0.25, -0.2) is 0 Å². The maximum atomic E-state index is 11.9.